The molecule has 0 atom stereocenters. The lowest BCUT2D eigenvalue weighted by Crippen LogP contribution is -2.12. The first-order chi connectivity index (χ1) is 11.0. The number of Topliss-reactive ketones (excluding diaryl/α,β-unsaturated/α-hetero) is 1. The highest BCUT2D eigenvalue weighted by Gasteiger charge is 2.14. The molecular weight excluding hydrogens is 294 g/mol. The number of ether oxygens (including phenoxy) is 2. The number of methoxy groups -OCH3 is 2. The van der Waals surface area contributed by atoms with Crippen LogP contribution in [0.15, 0.2) is 36.4 Å². The molecule has 0 spiro atoms. The van der Waals surface area contributed by atoms with Crippen molar-refractivity contribution >= 4 is 17.4 Å². The summed E-state index contributed by atoms with van der Waals surface area (Å²) in [5.41, 5.74) is 2.47. The molecule has 5 heteroatoms. The number of rotatable bonds is 5. The van der Waals surface area contributed by atoms with E-state index in [4.69, 9.17) is 9.47 Å². The maximum absolute atomic E-state index is 12.4. The van der Waals surface area contributed by atoms with Crippen molar-refractivity contribution in [2.75, 3.05) is 19.5 Å². The lowest BCUT2D eigenvalue weighted by molar-refractivity contribution is 0.101. The fourth-order valence-corrected chi connectivity index (χ4v) is 2.21. The van der Waals surface area contributed by atoms with Gasteiger partial charge in [-0.15, -0.1) is 0 Å². The van der Waals surface area contributed by atoms with E-state index in [1.54, 1.807) is 50.6 Å². The van der Waals surface area contributed by atoms with Gasteiger partial charge in [0.05, 0.1) is 14.2 Å². The van der Waals surface area contributed by atoms with Crippen molar-refractivity contribution in [2.45, 2.75) is 13.8 Å². The third kappa shape index (κ3) is 3.69. The molecule has 2 rings (SSSR count). The first kappa shape index (κ1) is 16.5. The summed E-state index contributed by atoms with van der Waals surface area (Å²) in [4.78, 5) is 23.6. The van der Waals surface area contributed by atoms with E-state index in [1.807, 2.05) is 6.92 Å². The maximum Gasteiger partial charge on any atom is 0.255 e. The maximum atomic E-state index is 12.4. The van der Waals surface area contributed by atoms with E-state index in [2.05, 4.69) is 5.32 Å². The molecule has 0 bridgehead atoms. The van der Waals surface area contributed by atoms with Gasteiger partial charge in [-0.1, -0.05) is 0 Å². The average molecular weight is 313 g/mol. The Hall–Kier alpha value is -2.82. The standard InChI is InChI=1S/C18H19NO4/c1-11-16(22-3)9-14(10-17(11)23-4)18(21)19-15-7-5-13(6-8-15)12(2)20/h5-10H,1-4H3,(H,19,21). The second kappa shape index (κ2) is 6.96. The van der Waals surface area contributed by atoms with Crippen molar-refractivity contribution in [1.82, 2.24) is 0 Å². The van der Waals surface area contributed by atoms with Gasteiger partial charge in [-0.3, -0.25) is 9.59 Å². The second-order valence-corrected chi connectivity index (χ2v) is 5.09. The molecule has 120 valence electrons. The van der Waals surface area contributed by atoms with Gasteiger partial charge >= 0.3 is 0 Å². The smallest absolute Gasteiger partial charge is 0.255 e. The Morgan fingerprint density at radius 2 is 1.43 bits per heavy atom. The van der Waals surface area contributed by atoms with Gasteiger partial charge in [0.1, 0.15) is 11.5 Å². The summed E-state index contributed by atoms with van der Waals surface area (Å²) in [5, 5.41) is 2.79. The summed E-state index contributed by atoms with van der Waals surface area (Å²) < 4.78 is 10.5. The number of carbonyl (C=O) groups excluding carboxylic acids is 2. The Labute approximate surface area is 135 Å². The van der Waals surface area contributed by atoms with Crippen molar-refractivity contribution in [3.05, 3.63) is 53.1 Å². The van der Waals surface area contributed by atoms with E-state index in [-0.39, 0.29) is 11.7 Å². The average Bonchev–Trinajstić information content (AvgIpc) is 2.55. The molecule has 0 saturated heterocycles. The Kier molecular flexibility index (Phi) is 5.01. The molecule has 0 saturated carbocycles. The van der Waals surface area contributed by atoms with E-state index in [9.17, 15) is 9.59 Å². The lowest BCUT2D eigenvalue weighted by atomic mass is 10.1. The van der Waals surface area contributed by atoms with E-state index in [0.29, 0.717) is 28.3 Å². The van der Waals surface area contributed by atoms with Crippen LogP contribution in [0.25, 0.3) is 0 Å². The van der Waals surface area contributed by atoms with E-state index < -0.39 is 0 Å². The van der Waals surface area contributed by atoms with Crippen LogP contribution < -0.4 is 14.8 Å². The van der Waals surface area contributed by atoms with Crippen LogP contribution in [-0.4, -0.2) is 25.9 Å². The van der Waals surface area contributed by atoms with Crippen molar-refractivity contribution < 1.29 is 19.1 Å². The molecule has 0 fully saturated rings. The summed E-state index contributed by atoms with van der Waals surface area (Å²) >= 11 is 0. The monoisotopic (exact) mass is 313 g/mol. The van der Waals surface area contributed by atoms with Gasteiger partial charge in [-0.2, -0.15) is 0 Å². The Balaban J connectivity index is 2.25. The highest BCUT2D eigenvalue weighted by molar-refractivity contribution is 6.05. The largest absolute Gasteiger partial charge is 0.496 e. The van der Waals surface area contributed by atoms with Crippen LogP contribution in [0.4, 0.5) is 5.69 Å². The Morgan fingerprint density at radius 3 is 1.87 bits per heavy atom. The van der Waals surface area contributed by atoms with Crippen molar-refractivity contribution in [3.63, 3.8) is 0 Å². The van der Waals surface area contributed by atoms with Gasteiger partial charge in [-0.25, -0.2) is 0 Å². The summed E-state index contributed by atoms with van der Waals surface area (Å²) in [7, 11) is 3.09. The van der Waals surface area contributed by atoms with Crippen molar-refractivity contribution in [1.29, 1.82) is 0 Å². The number of amides is 1. The number of hydrogen-bond donors (Lipinski definition) is 1. The van der Waals surface area contributed by atoms with Crippen molar-refractivity contribution in [2.24, 2.45) is 0 Å². The molecule has 5 nitrogen and oxygen atoms in total. The molecule has 0 aliphatic heterocycles. The van der Waals surface area contributed by atoms with Gasteiger partial charge in [0.15, 0.2) is 5.78 Å². The number of hydrogen-bond acceptors (Lipinski definition) is 4. The molecule has 1 N–H and O–H groups in total. The number of nitrogens with one attached hydrogen (secondary N) is 1. The van der Waals surface area contributed by atoms with Gasteiger partial charge in [0, 0.05) is 22.4 Å². The molecule has 2 aromatic rings. The molecule has 0 radical (unpaired) electrons. The Morgan fingerprint density at radius 1 is 0.913 bits per heavy atom. The van der Waals surface area contributed by atoms with Gasteiger partial charge in [-0.05, 0) is 50.2 Å². The predicted molar refractivity (Wildman–Crippen MR) is 88.7 cm³/mol. The molecule has 0 aromatic heterocycles. The summed E-state index contributed by atoms with van der Waals surface area (Å²) in [6.45, 7) is 3.36. The van der Waals surface area contributed by atoms with Crippen LogP contribution in [0.1, 0.15) is 33.2 Å². The molecule has 0 aliphatic rings. The minimum Gasteiger partial charge on any atom is -0.496 e. The number of carbonyl (C=O) groups is 2. The van der Waals surface area contributed by atoms with Crippen LogP contribution in [0.3, 0.4) is 0 Å². The van der Waals surface area contributed by atoms with Gasteiger partial charge in [0.2, 0.25) is 0 Å². The normalized spacial score (nSPS) is 10.1. The topological polar surface area (TPSA) is 64.6 Å². The number of ketones is 1. The SMILES string of the molecule is COc1cc(C(=O)Nc2ccc(C(C)=O)cc2)cc(OC)c1C. The zero-order valence-corrected chi connectivity index (χ0v) is 13.6. The molecule has 0 unspecified atom stereocenters. The Bertz CT molecular complexity index is 710. The molecule has 2 aromatic carbocycles. The quantitative estimate of drug-likeness (QED) is 0.859. The molecule has 23 heavy (non-hydrogen) atoms. The van der Waals surface area contributed by atoms with E-state index in [1.165, 1.54) is 6.92 Å². The highest BCUT2D eigenvalue weighted by atomic mass is 16.5. The van der Waals surface area contributed by atoms with Gasteiger partial charge < -0.3 is 14.8 Å². The fourth-order valence-electron chi connectivity index (χ4n) is 2.21. The van der Waals surface area contributed by atoms with Gasteiger partial charge in [0.25, 0.3) is 5.91 Å². The lowest BCUT2D eigenvalue weighted by Gasteiger charge is -2.13. The van der Waals surface area contributed by atoms with Crippen LogP contribution >= 0.6 is 0 Å². The van der Waals surface area contributed by atoms with Crippen LogP contribution in [-0.2, 0) is 0 Å². The third-order valence-electron chi connectivity index (χ3n) is 3.56. The second-order valence-electron chi connectivity index (χ2n) is 5.09. The molecular formula is C18H19NO4. The number of anilines is 1. The highest BCUT2D eigenvalue weighted by Crippen LogP contribution is 2.29. The summed E-state index contributed by atoms with van der Waals surface area (Å²) in [5.74, 6) is 0.871. The minimum absolute atomic E-state index is 0.0177. The molecule has 0 aliphatic carbocycles. The van der Waals surface area contributed by atoms with E-state index >= 15 is 0 Å². The summed E-state index contributed by atoms with van der Waals surface area (Å²) in [6.07, 6.45) is 0. The first-order valence-corrected chi connectivity index (χ1v) is 7.11. The zero-order valence-electron chi connectivity index (χ0n) is 13.6. The van der Waals surface area contributed by atoms with Crippen molar-refractivity contribution in [3.8, 4) is 11.5 Å². The van der Waals surface area contributed by atoms with Crippen LogP contribution in [0.2, 0.25) is 0 Å². The fraction of sp³-hybridized carbons (Fsp3) is 0.222. The molecule has 0 heterocycles. The first-order valence-electron chi connectivity index (χ1n) is 7.11. The van der Waals surface area contributed by atoms with Crippen LogP contribution in [0, 0.1) is 6.92 Å². The number of benzene rings is 2. The van der Waals surface area contributed by atoms with E-state index in [0.717, 1.165) is 5.56 Å². The van der Waals surface area contributed by atoms with Crippen LogP contribution in [0.5, 0.6) is 11.5 Å². The third-order valence-corrected chi connectivity index (χ3v) is 3.56. The zero-order chi connectivity index (χ0) is 17.0. The minimum atomic E-state index is -0.280. The molecule has 1 amide bonds. The summed E-state index contributed by atoms with van der Waals surface area (Å²) in [6, 6.07) is 10.1. The predicted octanol–water partition coefficient (Wildman–Crippen LogP) is 3.47.